The molecule has 0 aromatic heterocycles. The van der Waals surface area contributed by atoms with Crippen molar-refractivity contribution in [1.29, 1.82) is 0 Å². The molecule has 2 radical (unpaired) electrons. The summed E-state index contributed by atoms with van der Waals surface area (Å²) >= 11 is 4.44. The number of rotatable bonds is 24. The topological polar surface area (TPSA) is 120 Å². The number of thioether (sulfide) groups is 3. The van der Waals surface area contributed by atoms with E-state index in [1.807, 2.05) is 0 Å². The standard InChI is InChI=1S/3C11H22O2S.Sb/c3*1-9(2)7-5-4-6-8-14-10(3)11(12)13;/h3*9-10H,4-8H2,1-3H3,(H,12,13);/q;;;+3/p-3. The fourth-order valence-corrected chi connectivity index (χ4v) is 6.06. The molecule has 0 heterocycles. The summed E-state index contributed by atoms with van der Waals surface area (Å²) in [6.45, 7) is 18.4. The van der Waals surface area contributed by atoms with Gasteiger partial charge in [0.15, 0.2) is 0 Å². The number of carbonyl (C=O) groups excluding carboxylic acids is 3. The summed E-state index contributed by atoms with van der Waals surface area (Å²) in [5.74, 6) is 2.32. The van der Waals surface area contributed by atoms with Gasteiger partial charge in [0.2, 0.25) is 0 Å². The molecule has 0 spiro atoms. The number of carbonyl (C=O) groups is 3. The molecule has 0 aliphatic carbocycles. The van der Waals surface area contributed by atoms with E-state index in [-0.39, 0.29) is 40.2 Å². The molecule has 43 heavy (non-hydrogen) atoms. The minimum atomic E-state index is -0.947. The van der Waals surface area contributed by atoms with Crippen molar-refractivity contribution in [3.8, 4) is 0 Å². The van der Waals surface area contributed by atoms with Gasteiger partial charge < -0.3 is 29.7 Å². The van der Waals surface area contributed by atoms with Gasteiger partial charge >= 0.3 is 24.4 Å². The maximum Gasteiger partial charge on any atom is 3.00 e. The largest absolute Gasteiger partial charge is 3.00 e. The first-order valence-electron chi connectivity index (χ1n) is 16.1. The zero-order valence-electron chi connectivity index (χ0n) is 28.7. The molecule has 0 rings (SSSR count). The third kappa shape index (κ3) is 44.5. The van der Waals surface area contributed by atoms with Crippen molar-refractivity contribution >= 4 is 77.6 Å². The van der Waals surface area contributed by atoms with Gasteiger partial charge in [-0.3, -0.25) is 0 Å². The summed E-state index contributed by atoms with van der Waals surface area (Å²) in [5, 5.41) is 30.0. The Morgan fingerprint density at radius 2 is 0.628 bits per heavy atom. The Bertz CT molecular complexity index is 565. The Balaban J connectivity index is -0.000000262. The monoisotopic (exact) mass is 772 g/mol. The molecular weight excluding hydrogens is 710 g/mol. The first kappa shape index (κ1) is 50.1. The maximum absolute atomic E-state index is 10.4. The van der Waals surface area contributed by atoms with Crippen LogP contribution in [0, 0.1) is 17.8 Å². The number of unbranched alkanes of at least 4 members (excludes halogenated alkanes) is 6. The van der Waals surface area contributed by atoms with E-state index in [9.17, 15) is 29.7 Å². The van der Waals surface area contributed by atoms with Crippen molar-refractivity contribution in [3.63, 3.8) is 0 Å². The van der Waals surface area contributed by atoms with Crippen LogP contribution in [0.25, 0.3) is 0 Å². The number of aliphatic carboxylic acids is 3. The number of carboxylic acid groups (broad SMARTS) is 3. The van der Waals surface area contributed by atoms with Crippen LogP contribution in [0.4, 0.5) is 0 Å². The molecule has 0 bridgehead atoms. The van der Waals surface area contributed by atoms with Crippen molar-refractivity contribution in [2.24, 2.45) is 17.8 Å². The Kier molecular flexibility index (Phi) is 41.0. The predicted molar refractivity (Wildman–Crippen MR) is 186 cm³/mol. The summed E-state index contributed by atoms with van der Waals surface area (Å²) in [6, 6.07) is 0. The van der Waals surface area contributed by atoms with Crippen LogP contribution in [0.5, 0.6) is 0 Å². The van der Waals surface area contributed by atoms with Crippen molar-refractivity contribution in [2.75, 3.05) is 17.3 Å². The third-order valence-electron chi connectivity index (χ3n) is 6.38. The van der Waals surface area contributed by atoms with Crippen LogP contribution in [0.15, 0.2) is 0 Å². The molecule has 0 aliphatic rings. The van der Waals surface area contributed by atoms with Gasteiger partial charge in [0.25, 0.3) is 0 Å². The van der Waals surface area contributed by atoms with Crippen LogP contribution < -0.4 is 15.3 Å². The summed E-state index contributed by atoms with van der Waals surface area (Å²) in [7, 11) is 0. The molecule has 0 aromatic rings. The van der Waals surface area contributed by atoms with Gasteiger partial charge in [-0.25, -0.2) is 0 Å². The molecule has 0 aliphatic heterocycles. The molecule has 0 saturated carbocycles. The van der Waals surface area contributed by atoms with Gasteiger partial charge in [-0.05, 0) is 75.0 Å². The van der Waals surface area contributed by atoms with Gasteiger partial charge in [0.1, 0.15) is 0 Å². The molecule has 0 fully saturated rings. The predicted octanol–water partition coefficient (Wildman–Crippen LogP) is 5.84. The molecule has 3 atom stereocenters. The van der Waals surface area contributed by atoms with E-state index in [0.29, 0.717) is 0 Å². The van der Waals surface area contributed by atoms with Gasteiger partial charge in [0, 0.05) is 15.7 Å². The molecule has 0 N–H and O–H groups in total. The van der Waals surface area contributed by atoms with Crippen molar-refractivity contribution in [3.05, 3.63) is 0 Å². The summed E-state index contributed by atoms with van der Waals surface area (Å²) in [6.07, 6.45) is 14.6. The van der Waals surface area contributed by atoms with Crippen LogP contribution in [0.1, 0.15) is 139 Å². The Morgan fingerprint density at radius 1 is 0.419 bits per heavy atom. The van der Waals surface area contributed by atoms with E-state index in [2.05, 4.69) is 41.5 Å². The second-order valence-electron chi connectivity index (χ2n) is 12.2. The molecular formula is C33H63O6S3Sb. The van der Waals surface area contributed by atoms with Gasteiger partial charge in [0.05, 0.1) is 17.9 Å². The van der Waals surface area contributed by atoms with Gasteiger partial charge in [-0.15, -0.1) is 0 Å². The normalized spacial score (nSPS) is 12.8. The first-order chi connectivity index (χ1) is 19.6. The van der Waals surface area contributed by atoms with Crippen LogP contribution in [0.3, 0.4) is 0 Å². The van der Waals surface area contributed by atoms with E-state index in [1.165, 1.54) is 93.1 Å². The minimum Gasteiger partial charge on any atom is -0.549 e. The molecule has 0 saturated heterocycles. The number of hydrogen-bond donors (Lipinski definition) is 0. The molecule has 6 nitrogen and oxygen atoms in total. The third-order valence-corrected chi connectivity index (χ3v) is 10.0. The van der Waals surface area contributed by atoms with E-state index in [4.69, 9.17) is 0 Å². The van der Waals surface area contributed by atoms with Crippen LogP contribution in [-0.2, 0) is 14.4 Å². The summed E-state index contributed by atoms with van der Waals surface area (Å²) in [4.78, 5) is 31.1. The smallest absolute Gasteiger partial charge is 0.549 e. The maximum atomic E-state index is 10.4. The van der Waals surface area contributed by atoms with E-state index < -0.39 is 17.9 Å². The van der Waals surface area contributed by atoms with E-state index in [1.54, 1.807) is 20.8 Å². The van der Waals surface area contributed by atoms with Crippen LogP contribution >= 0.6 is 35.3 Å². The van der Waals surface area contributed by atoms with E-state index >= 15 is 0 Å². The Hall–Kier alpha value is 0.278. The fourth-order valence-electron chi connectivity index (χ4n) is 3.48. The van der Waals surface area contributed by atoms with Crippen molar-refractivity contribution in [2.45, 2.75) is 155 Å². The zero-order valence-corrected chi connectivity index (χ0v) is 33.7. The number of carboxylic acids is 3. The second-order valence-corrected chi connectivity index (χ2v) is 16.6. The number of hydrogen-bond acceptors (Lipinski definition) is 9. The molecule has 0 amide bonds. The first-order valence-corrected chi connectivity index (χ1v) is 19.2. The quantitative estimate of drug-likeness (QED) is 0.0881. The molecule has 10 heteroatoms. The fraction of sp³-hybridized carbons (Fsp3) is 0.909. The average Bonchev–Trinajstić information content (AvgIpc) is 2.89. The van der Waals surface area contributed by atoms with Gasteiger partial charge in [-0.1, -0.05) is 99.3 Å². The van der Waals surface area contributed by atoms with Crippen molar-refractivity contribution in [1.82, 2.24) is 0 Å². The molecule has 3 unspecified atom stereocenters. The van der Waals surface area contributed by atoms with Gasteiger partial charge in [-0.2, -0.15) is 35.3 Å². The van der Waals surface area contributed by atoms with E-state index in [0.717, 1.165) is 54.3 Å². The van der Waals surface area contributed by atoms with Crippen LogP contribution in [-0.4, -0.2) is 75.3 Å². The van der Waals surface area contributed by atoms with Crippen LogP contribution in [0.2, 0.25) is 0 Å². The Labute approximate surface area is 295 Å². The molecule has 0 aromatic carbocycles. The second kappa shape index (κ2) is 35.1. The zero-order chi connectivity index (χ0) is 32.9. The molecule has 254 valence electrons. The minimum absolute atomic E-state index is 0. The summed E-state index contributed by atoms with van der Waals surface area (Å²) < 4.78 is 0. The Morgan fingerprint density at radius 3 is 0.791 bits per heavy atom. The SMILES string of the molecule is CC(C)CCCCCSC(C)C(=O)[O-].CC(C)CCCCCSC(C)C(=O)[O-].CC(C)CCCCCSC(C)C(=O)[O-].[Sb+3]. The average molecular weight is 774 g/mol. The van der Waals surface area contributed by atoms with Crippen molar-refractivity contribution < 1.29 is 29.7 Å². The summed E-state index contributed by atoms with van der Waals surface area (Å²) in [5.41, 5.74) is 0.